The van der Waals surface area contributed by atoms with E-state index in [1.54, 1.807) is 18.2 Å². The van der Waals surface area contributed by atoms with Crippen molar-refractivity contribution in [2.24, 2.45) is 0 Å². The van der Waals surface area contributed by atoms with E-state index in [0.717, 1.165) is 0 Å². The largest absolute Gasteiger partial charge is 0.490 e. The van der Waals surface area contributed by atoms with E-state index < -0.39 is 0 Å². The molecule has 1 aromatic rings. The molecule has 1 aliphatic rings. The van der Waals surface area contributed by atoms with Crippen LogP contribution in [-0.4, -0.2) is 49.8 Å². The van der Waals surface area contributed by atoms with E-state index in [-0.39, 0.29) is 12.0 Å². The van der Waals surface area contributed by atoms with Crippen molar-refractivity contribution in [2.75, 3.05) is 32.9 Å². The quantitative estimate of drug-likeness (QED) is 0.836. The van der Waals surface area contributed by atoms with Crippen LogP contribution in [0, 0.1) is 0 Å². The van der Waals surface area contributed by atoms with Gasteiger partial charge in [0.25, 0.3) is 5.91 Å². The summed E-state index contributed by atoms with van der Waals surface area (Å²) in [7, 11) is 0. The lowest BCUT2D eigenvalue weighted by atomic mass is 10.1. The normalized spacial score (nSPS) is 18.4. The van der Waals surface area contributed by atoms with Crippen LogP contribution < -0.4 is 9.47 Å². The maximum absolute atomic E-state index is 12.5. The third kappa shape index (κ3) is 3.88. The zero-order chi connectivity index (χ0) is 15.2. The molecule has 2 rings (SSSR count). The van der Waals surface area contributed by atoms with E-state index in [1.807, 2.05) is 25.7 Å². The van der Waals surface area contributed by atoms with Crippen molar-refractivity contribution < 1.29 is 19.0 Å². The minimum atomic E-state index is 0.00847. The van der Waals surface area contributed by atoms with Gasteiger partial charge >= 0.3 is 0 Å². The first kappa shape index (κ1) is 15.6. The summed E-state index contributed by atoms with van der Waals surface area (Å²) in [5.74, 6) is 1.30. The van der Waals surface area contributed by atoms with Crippen LogP contribution in [0.2, 0.25) is 0 Å². The Kier molecular flexibility index (Phi) is 5.44. The highest BCUT2D eigenvalue weighted by Gasteiger charge is 2.23. The predicted octanol–water partition coefficient (Wildman–Crippen LogP) is 2.34. The van der Waals surface area contributed by atoms with Crippen molar-refractivity contribution in [2.45, 2.75) is 26.9 Å². The van der Waals surface area contributed by atoms with Crippen LogP contribution in [-0.2, 0) is 4.74 Å². The van der Waals surface area contributed by atoms with Crippen LogP contribution in [0.25, 0.3) is 0 Å². The Labute approximate surface area is 125 Å². The van der Waals surface area contributed by atoms with Gasteiger partial charge in [0.2, 0.25) is 0 Å². The highest BCUT2D eigenvalue weighted by Crippen LogP contribution is 2.29. The van der Waals surface area contributed by atoms with Gasteiger partial charge in [-0.25, -0.2) is 0 Å². The lowest BCUT2D eigenvalue weighted by molar-refractivity contribution is -0.0124. The number of benzene rings is 1. The third-order valence-corrected chi connectivity index (χ3v) is 3.32. The number of rotatable bonds is 5. The molecular weight excluding hydrogens is 270 g/mol. The van der Waals surface area contributed by atoms with Crippen molar-refractivity contribution in [3.05, 3.63) is 23.8 Å². The average Bonchev–Trinajstić information content (AvgIpc) is 2.49. The standard InChI is InChI=1S/C16H23NO4/c1-4-19-14-7-6-13(10-15(14)20-5-2)16(18)17-8-9-21-12(3)11-17/h6-7,10,12H,4-5,8-9,11H2,1-3H3. The van der Waals surface area contributed by atoms with E-state index in [0.29, 0.717) is 50.0 Å². The number of amides is 1. The van der Waals surface area contributed by atoms with Crippen molar-refractivity contribution in [3.8, 4) is 11.5 Å². The molecule has 5 nitrogen and oxygen atoms in total. The topological polar surface area (TPSA) is 48.0 Å². The molecule has 1 heterocycles. The molecule has 1 fully saturated rings. The second-order valence-electron chi connectivity index (χ2n) is 4.96. The highest BCUT2D eigenvalue weighted by atomic mass is 16.5. The van der Waals surface area contributed by atoms with E-state index in [1.165, 1.54) is 0 Å². The van der Waals surface area contributed by atoms with Crippen LogP contribution >= 0.6 is 0 Å². The molecule has 21 heavy (non-hydrogen) atoms. The van der Waals surface area contributed by atoms with Crippen LogP contribution in [0.15, 0.2) is 18.2 Å². The molecule has 0 saturated carbocycles. The summed E-state index contributed by atoms with van der Waals surface area (Å²) in [6.07, 6.45) is 0.0803. The number of ether oxygens (including phenoxy) is 3. The number of carbonyl (C=O) groups excluding carboxylic acids is 1. The van der Waals surface area contributed by atoms with Crippen LogP contribution in [0.5, 0.6) is 11.5 Å². The van der Waals surface area contributed by atoms with Gasteiger partial charge in [-0.05, 0) is 39.0 Å². The lowest BCUT2D eigenvalue weighted by Crippen LogP contribution is -2.44. The number of carbonyl (C=O) groups is 1. The molecule has 0 aliphatic carbocycles. The first-order chi connectivity index (χ1) is 10.2. The Balaban J connectivity index is 2.18. The Morgan fingerprint density at radius 3 is 2.67 bits per heavy atom. The summed E-state index contributed by atoms with van der Waals surface area (Å²) in [6.45, 7) is 8.74. The zero-order valence-electron chi connectivity index (χ0n) is 12.9. The molecule has 5 heteroatoms. The maximum Gasteiger partial charge on any atom is 0.254 e. The monoisotopic (exact) mass is 293 g/mol. The number of nitrogens with zero attached hydrogens (tertiary/aromatic N) is 1. The second kappa shape index (κ2) is 7.31. The Morgan fingerprint density at radius 2 is 2.00 bits per heavy atom. The molecule has 0 aromatic heterocycles. The number of hydrogen-bond donors (Lipinski definition) is 0. The van der Waals surface area contributed by atoms with Gasteiger partial charge in [0.15, 0.2) is 11.5 Å². The second-order valence-corrected chi connectivity index (χ2v) is 4.96. The fraction of sp³-hybridized carbons (Fsp3) is 0.562. The number of hydrogen-bond acceptors (Lipinski definition) is 4. The molecule has 0 N–H and O–H groups in total. The molecule has 0 bridgehead atoms. The molecule has 1 aliphatic heterocycles. The Morgan fingerprint density at radius 1 is 1.29 bits per heavy atom. The predicted molar refractivity (Wildman–Crippen MR) is 80.1 cm³/mol. The lowest BCUT2D eigenvalue weighted by Gasteiger charge is -2.31. The summed E-state index contributed by atoms with van der Waals surface area (Å²) in [5, 5.41) is 0. The van der Waals surface area contributed by atoms with Crippen LogP contribution in [0.4, 0.5) is 0 Å². The van der Waals surface area contributed by atoms with Crippen molar-refractivity contribution in [3.63, 3.8) is 0 Å². The van der Waals surface area contributed by atoms with Gasteiger partial charge < -0.3 is 19.1 Å². The van der Waals surface area contributed by atoms with Crippen molar-refractivity contribution in [1.29, 1.82) is 0 Å². The molecule has 1 saturated heterocycles. The summed E-state index contributed by atoms with van der Waals surface area (Å²) in [5.41, 5.74) is 0.621. The summed E-state index contributed by atoms with van der Waals surface area (Å²) in [4.78, 5) is 14.4. The summed E-state index contributed by atoms with van der Waals surface area (Å²) >= 11 is 0. The van der Waals surface area contributed by atoms with Crippen LogP contribution in [0.1, 0.15) is 31.1 Å². The fourth-order valence-corrected chi connectivity index (χ4v) is 2.37. The van der Waals surface area contributed by atoms with Gasteiger partial charge in [0.1, 0.15) is 0 Å². The molecule has 1 atom stereocenters. The maximum atomic E-state index is 12.5. The minimum absolute atomic E-state index is 0.00847. The molecule has 116 valence electrons. The first-order valence-corrected chi connectivity index (χ1v) is 7.46. The molecular formula is C16H23NO4. The summed E-state index contributed by atoms with van der Waals surface area (Å²) < 4.78 is 16.6. The smallest absolute Gasteiger partial charge is 0.254 e. The Bertz CT molecular complexity index is 489. The molecule has 1 unspecified atom stereocenters. The van der Waals surface area contributed by atoms with Gasteiger partial charge in [-0.15, -0.1) is 0 Å². The van der Waals surface area contributed by atoms with E-state index >= 15 is 0 Å². The van der Waals surface area contributed by atoms with Gasteiger partial charge in [-0.3, -0.25) is 4.79 Å². The minimum Gasteiger partial charge on any atom is -0.490 e. The average molecular weight is 293 g/mol. The van der Waals surface area contributed by atoms with E-state index in [9.17, 15) is 4.79 Å². The molecule has 0 radical (unpaired) electrons. The fourth-order valence-electron chi connectivity index (χ4n) is 2.37. The molecule has 1 amide bonds. The summed E-state index contributed by atoms with van der Waals surface area (Å²) in [6, 6.07) is 5.35. The molecule has 0 spiro atoms. The van der Waals surface area contributed by atoms with E-state index in [4.69, 9.17) is 14.2 Å². The van der Waals surface area contributed by atoms with Gasteiger partial charge in [-0.1, -0.05) is 0 Å². The molecule has 1 aromatic carbocycles. The zero-order valence-corrected chi connectivity index (χ0v) is 12.9. The first-order valence-electron chi connectivity index (χ1n) is 7.46. The van der Waals surface area contributed by atoms with Crippen LogP contribution in [0.3, 0.4) is 0 Å². The van der Waals surface area contributed by atoms with Crippen molar-refractivity contribution >= 4 is 5.91 Å². The number of morpholine rings is 1. The Hall–Kier alpha value is -1.75. The van der Waals surface area contributed by atoms with E-state index in [2.05, 4.69) is 0 Å². The highest BCUT2D eigenvalue weighted by molar-refractivity contribution is 5.95. The van der Waals surface area contributed by atoms with Gasteiger partial charge in [-0.2, -0.15) is 0 Å². The van der Waals surface area contributed by atoms with Crippen molar-refractivity contribution in [1.82, 2.24) is 4.90 Å². The third-order valence-electron chi connectivity index (χ3n) is 3.32. The van der Waals surface area contributed by atoms with Gasteiger partial charge in [0, 0.05) is 18.7 Å². The van der Waals surface area contributed by atoms with Gasteiger partial charge in [0.05, 0.1) is 25.9 Å². The SMILES string of the molecule is CCOc1ccc(C(=O)N2CCOC(C)C2)cc1OCC.